The molecule has 0 spiro atoms. The molecular weight excluding hydrogens is 463 g/mol. The second-order valence-electron chi connectivity index (χ2n) is 6.46. The smallest absolute Gasteiger partial charge is 0.433 e. The van der Waals surface area contributed by atoms with Crippen LogP contribution in [0.1, 0.15) is 12.1 Å². The number of ether oxygens (including phenoxy) is 3. The average Bonchev–Trinajstić information content (AvgIpc) is 3.32. The van der Waals surface area contributed by atoms with E-state index >= 15 is 0 Å². The molecule has 0 unspecified atom stereocenters. The third kappa shape index (κ3) is 6.09. The summed E-state index contributed by atoms with van der Waals surface area (Å²) in [6.07, 6.45) is -3.31. The van der Waals surface area contributed by atoms with E-state index in [4.69, 9.17) is 18.6 Å². The summed E-state index contributed by atoms with van der Waals surface area (Å²) < 4.78 is 60.6. The summed E-state index contributed by atoms with van der Waals surface area (Å²) in [4.78, 5) is 20.0. The van der Waals surface area contributed by atoms with E-state index in [9.17, 15) is 18.0 Å². The largest absolute Gasteiger partial charge is 0.493 e. The molecule has 8 nitrogen and oxygen atoms in total. The lowest BCUT2D eigenvalue weighted by atomic mass is 10.2. The molecule has 0 aliphatic heterocycles. The first-order chi connectivity index (χ1) is 15.7. The molecule has 1 amide bonds. The van der Waals surface area contributed by atoms with Crippen LogP contribution in [0.25, 0.3) is 11.5 Å². The Labute approximate surface area is 191 Å². The molecule has 3 aromatic rings. The van der Waals surface area contributed by atoms with Gasteiger partial charge in [-0.3, -0.25) is 4.79 Å². The summed E-state index contributed by atoms with van der Waals surface area (Å²) in [5, 5.41) is 2.58. The van der Waals surface area contributed by atoms with Crippen LogP contribution in [0, 0.1) is 0 Å². The minimum absolute atomic E-state index is 0.00296. The Morgan fingerprint density at radius 2 is 1.79 bits per heavy atom. The van der Waals surface area contributed by atoms with E-state index in [1.165, 1.54) is 33.7 Å². The predicted octanol–water partition coefficient (Wildman–Crippen LogP) is 4.90. The third-order valence-corrected chi connectivity index (χ3v) is 5.13. The number of aromatic nitrogens is 2. The highest BCUT2D eigenvalue weighted by Crippen LogP contribution is 2.40. The van der Waals surface area contributed by atoms with Gasteiger partial charge in [0.25, 0.3) is 0 Å². The number of amides is 1. The fourth-order valence-electron chi connectivity index (χ4n) is 2.80. The number of nitrogens with one attached hydrogen (secondary N) is 1. The third-order valence-electron chi connectivity index (χ3n) is 4.28. The standard InChI is InChI=1S/C21H20F3N3O5S/c1-29-15-9-12(10-16(30-2)19(15)31-3)25-18(28)6-8-33-20-26-13(14-5-4-7-32-14)11-17(27-20)21(22,23)24/h4-5,7,9-11H,6,8H2,1-3H3,(H,25,28). The van der Waals surface area contributed by atoms with Crippen molar-refractivity contribution in [2.75, 3.05) is 32.4 Å². The van der Waals surface area contributed by atoms with Crippen LogP contribution in [0.2, 0.25) is 0 Å². The zero-order chi connectivity index (χ0) is 24.0. The van der Waals surface area contributed by atoms with E-state index < -0.39 is 11.9 Å². The maximum atomic E-state index is 13.2. The highest BCUT2D eigenvalue weighted by Gasteiger charge is 2.34. The van der Waals surface area contributed by atoms with Crippen LogP contribution in [0.15, 0.2) is 46.2 Å². The molecule has 2 aromatic heterocycles. The Morgan fingerprint density at radius 3 is 2.33 bits per heavy atom. The number of nitrogens with zero attached hydrogens (tertiary/aromatic N) is 2. The molecule has 0 aliphatic rings. The molecule has 2 heterocycles. The highest BCUT2D eigenvalue weighted by molar-refractivity contribution is 7.99. The van der Waals surface area contributed by atoms with Crippen molar-refractivity contribution in [3.63, 3.8) is 0 Å². The van der Waals surface area contributed by atoms with Crippen LogP contribution < -0.4 is 19.5 Å². The number of halogens is 3. The van der Waals surface area contributed by atoms with E-state index in [1.807, 2.05) is 0 Å². The van der Waals surface area contributed by atoms with E-state index in [1.54, 1.807) is 18.2 Å². The molecular formula is C21H20F3N3O5S. The summed E-state index contributed by atoms with van der Waals surface area (Å²) in [5.74, 6) is 1.08. The summed E-state index contributed by atoms with van der Waals surface area (Å²) in [6, 6.07) is 7.00. The monoisotopic (exact) mass is 483 g/mol. The molecule has 12 heteroatoms. The molecule has 1 N–H and O–H groups in total. The van der Waals surface area contributed by atoms with Gasteiger partial charge in [0.2, 0.25) is 11.7 Å². The molecule has 0 aliphatic carbocycles. The fraction of sp³-hybridized carbons (Fsp3) is 0.286. The lowest BCUT2D eigenvalue weighted by molar-refractivity contribution is -0.141. The number of anilines is 1. The molecule has 33 heavy (non-hydrogen) atoms. The number of hydrogen-bond acceptors (Lipinski definition) is 8. The molecule has 176 valence electrons. The van der Waals surface area contributed by atoms with Gasteiger partial charge in [0.1, 0.15) is 11.4 Å². The predicted molar refractivity (Wildman–Crippen MR) is 115 cm³/mol. The van der Waals surface area contributed by atoms with Crippen LogP contribution in [-0.4, -0.2) is 43.0 Å². The van der Waals surface area contributed by atoms with E-state index in [2.05, 4.69) is 15.3 Å². The minimum Gasteiger partial charge on any atom is -0.493 e. The summed E-state index contributed by atoms with van der Waals surface area (Å²) in [5.41, 5.74) is -0.671. The van der Waals surface area contributed by atoms with Crippen molar-refractivity contribution in [3.05, 3.63) is 42.3 Å². The first kappa shape index (κ1) is 24.2. The van der Waals surface area contributed by atoms with Gasteiger partial charge in [-0.2, -0.15) is 13.2 Å². The second-order valence-corrected chi connectivity index (χ2v) is 7.52. The quantitative estimate of drug-likeness (QED) is 0.339. The Morgan fingerprint density at radius 1 is 1.09 bits per heavy atom. The van der Waals surface area contributed by atoms with Gasteiger partial charge in [-0.15, -0.1) is 0 Å². The Balaban J connectivity index is 1.68. The molecule has 1 aromatic carbocycles. The summed E-state index contributed by atoms with van der Waals surface area (Å²) in [6.45, 7) is 0. The lowest BCUT2D eigenvalue weighted by Crippen LogP contribution is -2.13. The van der Waals surface area contributed by atoms with Gasteiger partial charge in [-0.1, -0.05) is 11.8 Å². The highest BCUT2D eigenvalue weighted by atomic mass is 32.2. The summed E-state index contributed by atoms with van der Waals surface area (Å²) in [7, 11) is 4.36. The number of carbonyl (C=O) groups is 1. The topological polar surface area (TPSA) is 95.7 Å². The molecule has 0 radical (unpaired) electrons. The van der Waals surface area contributed by atoms with E-state index in [0.717, 1.165) is 17.8 Å². The zero-order valence-electron chi connectivity index (χ0n) is 17.9. The molecule has 0 saturated carbocycles. The van der Waals surface area contributed by atoms with Crippen LogP contribution >= 0.6 is 11.8 Å². The number of thioether (sulfide) groups is 1. The minimum atomic E-state index is -4.65. The van der Waals surface area contributed by atoms with Gasteiger partial charge < -0.3 is 23.9 Å². The van der Waals surface area contributed by atoms with Gasteiger partial charge in [-0.25, -0.2) is 9.97 Å². The Hall–Kier alpha value is -3.41. The van der Waals surface area contributed by atoms with Crippen molar-refractivity contribution in [2.24, 2.45) is 0 Å². The molecule has 0 fully saturated rings. The van der Waals surface area contributed by atoms with Crippen LogP contribution in [0.3, 0.4) is 0 Å². The van der Waals surface area contributed by atoms with Crippen molar-refractivity contribution >= 4 is 23.4 Å². The van der Waals surface area contributed by atoms with Gasteiger partial charge in [0, 0.05) is 30.0 Å². The fourth-order valence-corrected chi connectivity index (χ4v) is 3.59. The van der Waals surface area contributed by atoms with E-state index in [0.29, 0.717) is 22.9 Å². The molecule has 0 atom stereocenters. The van der Waals surface area contributed by atoms with E-state index in [-0.39, 0.29) is 34.7 Å². The number of carbonyl (C=O) groups excluding carboxylic acids is 1. The molecule has 0 bridgehead atoms. The van der Waals surface area contributed by atoms with Crippen LogP contribution in [-0.2, 0) is 11.0 Å². The average molecular weight is 483 g/mol. The first-order valence-electron chi connectivity index (χ1n) is 9.48. The maximum absolute atomic E-state index is 13.2. The van der Waals surface area contributed by atoms with Gasteiger partial charge in [0.15, 0.2) is 22.4 Å². The van der Waals surface area contributed by atoms with Crippen LogP contribution in [0.5, 0.6) is 17.2 Å². The second kappa shape index (κ2) is 10.5. The number of furan rings is 1. The Kier molecular flexibility index (Phi) is 7.69. The zero-order valence-corrected chi connectivity index (χ0v) is 18.7. The first-order valence-corrected chi connectivity index (χ1v) is 10.5. The number of hydrogen-bond donors (Lipinski definition) is 1. The van der Waals surface area contributed by atoms with Crippen LogP contribution in [0.4, 0.5) is 18.9 Å². The van der Waals surface area contributed by atoms with Crippen molar-refractivity contribution in [3.8, 4) is 28.7 Å². The lowest BCUT2D eigenvalue weighted by Gasteiger charge is -2.14. The van der Waals surface area contributed by atoms with Gasteiger partial charge in [0.05, 0.1) is 27.6 Å². The molecule has 0 saturated heterocycles. The number of rotatable bonds is 9. The number of methoxy groups -OCH3 is 3. The number of alkyl halides is 3. The maximum Gasteiger partial charge on any atom is 0.433 e. The van der Waals surface area contributed by atoms with Crippen molar-refractivity contribution in [1.82, 2.24) is 9.97 Å². The van der Waals surface area contributed by atoms with Gasteiger partial charge >= 0.3 is 6.18 Å². The molecule has 3 rings (SSSR count). The summed E-state index contributed by atoms with van der Waals surface area (Å²) >= 11 is 0.928. The van der Waals surface area contributed by atoms with Gasteiger partial charge in [-0.05, 0) is 18.2 Å². The van der Waals surface area contributed by atoms with Crippen molar-refractivity contribution < 1.29 is 36.6 Å². The Bertz CT molecular complexity index is 1080. The number of benzene rings is 1. The van der Waals surface area contributed by atoms with Crippen molar-refractivity contribution in [1.29, 1.82) is 0 Å². The van der Waals surface area contributed by atoms with Crippen molar-refractivity contribution in [2.45, 2.75) is 17.8 Å². The normalized spacial score (nSPS) is 11.2. The SMILES string of the molecule is COc1cc(NC(=O)CCSc2nc(-c3ccco3)cc(C(F)(F)F)n2)cc(OC)c1OC.